The van der Waals surface area contributed by atoms with Gasteiger partial charge in [-0.3, -0.25) is 17.8 Å². The molecule has 0 unspecified atom stereocenters. The van der Waals surface area contributed by atoms with Crippen molar-refractivity contribution in [1.82, 2.24) is 0 Å². The highest BCUT2D eigenvalue weighted by molar-refractivity contribution is 7.95. The molecule has 4 rings (SSSR count). The van der Waals surface area contributed by atoms with Crippen molar-refractivity contribution in [3.63, 3.8) is 0 Å². The molecule has 0 saturated heterocycles. The van der Waals surface area contributed by atoms with Crippen molar-refractivity contribution in [3.05, 3.63) is 54.6 Å². The van der Waals surface area contributed by atoms with E-state index in [0.29, 0.717) is 24.2 Å². The molecule has 0 radical (unpaired) electrons. The minimum absolute atomic E-state index is 0.00674. The third-order valence-corrected chi connectivity index (χ3v) is 13.9. The van der Waals surface area contributed by atoms with E-state index in [2.05, 4.69) is 43.4 Å². The van der Waals surface area contributed by atoms with Gasteiger partial charge in [0.1, 0.15) is 32.5 Å². The SMILES string of the molecule is Nc1c(/N=N/c2ccc(S(=O)(=O)CCOS(=O)(=O)O)cc2S(=O)(=O)O)cc(S(=O)(=O)O)c(N)c1/N=N/c1ccc2cc(S(=O)(=O)CCOSOOO)ccc2c1SOOO. The number of hydrogen-bond acceptors (Lipinski definition) is 26. The molecule has 0 spiro atoms. The Balaban J connectivity index is 1.78. The summed E-state index contributed by atoms with van der Waals surface area (Å²) < 4.78 is 167. The van der Waals surface area contributed by atoms with Gasteiger partial charge < -0.3 is 11.5 Å². The van der Waals surface area contributed by atoms with E-state index in [1.54, 1.807) is 0 Å². The predicted octanol–water partition coefficient (Wildman–Crippen LogP) is 4.12. The number of fused-ring (bicyclic) bond motifs is 1. The smallest absolute Gasteiger partial charge is 0.396 e. The monoisotopic (exact) mass is 982 g/mol. The van der Waals surface area contributed by atoms with Gasteiger partial charge in [0, 0.05) is 5.39 Å². The number of nitrogens with zero attached hydrogens (tertiary/aromatic N) is 4. The molecule has 328 valence electrons. The van der Waals surface area contributed by atoms with Gasteiger partial charge in [-0.1, -0.05) is 22.2 Å². The molecule has 0 aliphatic heterocycles. The van der Waals surface area contributed by atoms with E-state index in [1.165, 1.54) is 30.3 Å². The molecule has 27 nitrogen and oxygen atoms in total. The first-order chi connectivity index (χ1) is 27.9. The van der Waals surface area contributed by atoms with Crippen molar-refractivity contribution in [2.45, 2.75) is 24.5 Å². The van der Waals surface area contributed by atoms with Gasteiger partial charge in [-0.2, -0.15) is 25.3 Å². The molecule has 60 heavy (non-hydrogen) atoms. The highest BCUT2D eigenvalue weighted by atomic mass is 32.3. The van der Waals surface area contributed by atoms with E-state index < -0.39 is 112 Å². The van der Waals surface area contributed by atoms with Gasteiger partial charge in [-0.05, 0) is 47.9 Å². The number of nitrogens with two attached hydrogens (primary N) is 2. The Kier molecular flexibility index (Phi) is 16.0. The largest absolute Gasteiger partial charge is 0.397 e. The van der Waals surface area contributed by atoms with Crippen LogP contribution < -0.4 is 11.5 Å². The molecule has 0 bridgehead atoms. The fraction of sp³-hybridized carbons (Fsp3) is 0.154. The second-order valence-corrected chi connectivity index (χ2v) is 20.3. The van der Waals surface area contributed by atoms with E-state index in [9.17, 15) is 51.2 Å². The molecule has 4 aromatic carbocycles. The lowest BCUT2D eigenvalue weighted by Crippen LogP contribution is -2.16. The lowest BCUT2D eigenvalue weighted by molar-refractivity contribution is -0.434. The molecule has 0 fully saturated rings. The van der Waals surface area contributed by atoms with Gasteiger partial charge in [-0.25, -0.2) is 31.5 Å². The Morgan fingerprint density at radius 3 is 1.78 bits per heavy atom. The van der Waals surface area contributed by atoms with Crippen LogP contribution in [0, 0.1) is 0 Å². The lowest BCUT2D eigenvalue weighted by Gasteiger charge is -2.12. The topological polar surface area (TPSA) is 429 Å². The summed E-state index contributed by atoms with van der Waals surface area (Å²) in [5.41, 5.74) is 8.55. The van der Waals surface area contributed by atoms with Crippen LogP contribution in [0.15, 0.2) is 99.5 Å². The van der Waals surface area contributed by atoms with Gasteiger partial charge in [-0.15, -0.1) is 29.1 Å². The third-order valence-electron chi connectivity index (χ3n) is 7.24. The Morgan fingerprint density at radius 2 is 1.17 bits per heavy atom. The first-order valence-electron chi connectivity index (χ1n) is 15.1. The first-order valence-corrected chi connectivity index (χ1v) is 24.0. The number of rotatable bonds is 21. The summed E-state index contributed by atoms with van der Waals surface area (Å²) in [5.74, 6) is -1.61. The molecule has 0 aliphatic carbocycles. The quantitative estimate of drug-likeness (QED) is 0.0117. The summed E-state index contributed by atoms with van der Waals surface area (Å²) in [6, 6.07) is 8.96. The van der Waals surface area contributed by atoms with Crippen molar-refractivity contribution < 1.29 is 93.4 Å². The number of sulfone groups is 2. The number of azo groups is 2. The van der Waals surface area contributed by atoms with Crippen molar-refractivity contribution in [1.29, 1.82) is 0 Å². The van der Waals surface area contributed by atoms with Crippen molar-refractivity contribution in [2.75, 3.05) is 36.2 Å². The number of anilines is 2. The molecule has 0 atom stereocenters. The zero-order chi connectivity index (χ0) is 44.7. The van der Waals surface area contributed by atoms with Crippen LogP contribution in [0.3, 0.4) is 0 Å². The van der Waals surface area contributed by atoms with Crippen molar-refractivity contribution in [2.24, 2.45) is 20.5 Å². The average Bonchev–Trinajstić information content (AvgIpc) is 3.15. The molecule has 0 aliphatic rings. The maximum Gasteiger partial charge on any atom is 0.397 e. The zero-order valence-corrected chi connectivity index (χ0v) is 34.8. The standard InChI is InChI=1S/C26H26N6O21S7/c27-23-20(31-29-18-6-3-16(12-21(18)58(39,40)41)57(37,38)10-8-49-60(45,46)47)13-22(59(42,43)44)24(28)25(23)32-30-19-5-1-14-11-15(2-4-17(14)26(19)54-52-50-33)56(35,36)9-7-48-55-53-51-34/h1-6,11-13,33-34H,7-10,27-28H2,(H,39,40,41)(H,42,43,44)(H,45,46,47)/b31-29+,32-30+. The Morgan fingerprint density at radius 1 is 0.600 bits per heavy atom. The Hall–Kier alpha value is -4.05. The zero-order valence-electron chi connectivity index (χ0n) is 29.1. The number of hydrogen-bond donors (Lipinski definition) is 7. The van der Waals surface area contributed by atoms with Gasteiger partial charge in [0.15, 0.2) is 32.0 Å². The second kappa shape index (κ2) is 19.8. The van der Waals surface area contributed by atoms with E-state index in [4.69, 9.17) is 30.7 Å². The normalized spacial score (nSPS) is 13.2. The maximum atomic E-state index is 12.9. The van der Waals surface area contributed by atoms with Crippen LogP contribution in [0.4, 0.5) is 34.1 Å². The molecular weight excluding hydrogens is 957 g/mol. The summed E-state index contributed by atoms with van der Waals surface area (Å²) in [6.45, 7) is -1.45. The van der Waals surface area contributed by atoms with Crippen LogP contribution >= 0.6 is 24.4 Å². The van der Waals surface area contributed by atoms with Crippen LogP contribution in [0.2, 0.25) is 0 Å². The van der Waals surface area contributed by atoms with Crippen molar-refractivity contribution >= 4 is 120 Å². The predicted molar refractivity (Wildman–Crippen MR) is 204 cm³/mol. The van der Waals surface area contributed by atoms with E-state index in [1.807, 2.05) is 0 Å². The summed E-state index contributed by atoms with van der Waals surface area (Å²) >= 11 is 0.535. The molecule has 0 saturated carbocycles. The summed E-state index contributed by atoms with van der Waals surface area (Å²) in [7, 11) is -24.0. The van der Waals surface area contributed by atoms with Gasteiger partial charge >= 0.3 is 10.4 Å². The average molecular weight is 983 g/mol. The van der Waals surface area contributed by atoms with E-state index in [-0.39, 0.29) is 45.2 Å². The second-order valence-electron chi connectivity index (χ2n) is 11.0. The number of benzene rings is 4. The minimum atomic E-state index is -5.30. The molecular formula is C26H26N6O21S7. The molecule has 0 amide bonds. The van der Waals surface area contributed by atoms with Gasteiger partial charge in [0.2, 0.25) is 0 Å². The van der Waals surface area contributed by atoms with Crippen LogP contribution in [0.5, 0.6) is 0 Å². The van der Waals surface area contributed by atoms with Crippen molar-refractivity contribution in [3.8, 4) is 0 Å². The van der Waals surface area contributed by atoms with Crippen LogP contribution in [-0.2, 0) is 77.4 Å². The van der Waals surface area contributed by atoms with Crippen LogP contribution in [0.25, 0.3) is 10.8 Å². The van der Waals surface area contributed by atoms with E-state index >= 15 is 0 Å². The number of nitrogen functional groups attached to an aromatic ring is 2. The third kappa shape index (κ3) is 12.7. The fourth-order valence-corrected chi connectivity index (χ4v) is 9.51. The fourth-order valence-electron chi connectivity index (χ4n) is 4.63. The molecule has 9 N–H and O–H groups in total. The van der Waals surface area contributed by atoms with Gasteiger partial charge in [0.25, 0.3) is 20.2 Å². The molecule has 0 heterocycles. The summed E-state index contributed by atoms with van der Waals surface area (Å²) in [4.78, 5) is -3.16. The van der Waals surface area contributed by atoms with Crippen LogP contribution in [0.1, 0.15) is 0 Å². The Bertz CT molecular complexity index is 2900. The molecule has 34 heteroatoms. The summed E-state index contributed by atoms with van der Waals surface area (Å²) in [6.07, 6.45) is 0. The highest BCUT2D eigenvalue weighted by Crippen LogP contribution is 2.45. The highest BCUT2D eigenvalue weighted by Gasteiger charge is 2.25. The molecule has 0 aromatic heterocycles. The Labute approximate surface area is 346 Å². The summed E-state index contributed by atoms with van der Waals surface area (Å²) in [5, 5.41) is 39.7. The first kappa shape index (κ1) is 48.6. The minimum Gasteiger partial charge on any atom is -0.396 e. The maximum absolute atomic E-state index is 12.9. The lowest BCUT2D eigenvalue weighted by atomic mass is 10.1. The molecule has 4 aromatic rings. The van der Waals surface area contributed by atoms with Crippen LogP contribution in [-0.4, -0.2) is 91.0 Å². The van der Waals surface area contributed by atoms with E-state index in [0.717, 1.165) is 12.1 Å². The van der Waals surface area contributed by atoms with Gasteiger partial charge in [0.05, 0.1) is 62.8 Å².